The van der Waals surface area contributed by atoms with Crippen LogP contribution in [0.15, 0.2) is 12.5 Å². The molecule has 1 aliphatic carbocycles. The molecule has 1 aromatic rings. The summed E-state index contributed by atoms with van der Waals surface area (Å²) in [7, 11) is 1.81. The van der Waals surface area contributed by atoms with Gasteiger partial charge in [0.05, 0.1) is 12.5 Å². The summed E-state index contributed by atoms with van der Waals surface area (Å²) in [6.07, 6.45) is 7.87. The standard InChI is InChI=1S/C12H18ClN3O/c1-16-9-14-6-10(16)11(17)15-8-12(7-13)4-2-3-5-12/h6,9H,2-5,7-8H2,1H3,(H,15,17). The second-order valence-electron chi connectivity index (χ2n) is 4.91. The van der Waals surface area contributed by atoms with Crippen LogP contribution in [-0.2, 0) is 7.05 Å². The Morgan fingerprint density at radius 3 is 2.82 bits per heavy atom. The minimum Gasteiger partial charge on any atom is -0.350 e. The fourth-order valence-corrected chi connectivity index (χ4v) is 2.78. The van der Waals surface area contributed by atoms with Crippen molar-refractivity contribution in [1.82, 2.24) is 14.9 Å². The van der Waals surface area contributed by atoms with Crippen molar-refractivity contribution in [2.45, 2.75) is 25.7 Å². The van der Waals surface area contributed by atoms with Crippen LogP contribution in [0.25, 0.3) is 0 Å². The Labute approximate surface area is 106 Å². The number of amides is 1. The summed E-state index contributed by atoms with van der Waals surface area (Å²) in [5.41, 5.74) is 0.697. The molecule has 94 valence electrons. The molecule has 1 heterocycles. The van der Waals surface area contributed by atoms with E-state index in [1.807, 2.05) is 7.05 Å². The Bertz CT molecular complexity index is 396. The van der Waals surface area contributed by atoms with E-state index < -0.39 is 0 Å². The third kappa shape index (κ3) is 2.63. The highest BCUT2D eigenvalue weighted by Gasteiger charge is 2.33. The molecule has 1 saturated carbocycles. The number of carbonyl (C=O) groups excluding carboxylic acids is 1. The molecule has 0 aromatic carbocycles. The Hall–Kier alpha value is -1.03. The first-order valence-electron chi connectivity index (χ1n) is 5.97. The van der Waals surface area contributed by atoms with Crippen molar-refractivity contribution in [3.8, 4) is 0 Å². The summed E-state index contributed by atoms with van der Waals surface area (Å²) in [5, 5.41) is 2.98. The number of halogens is 1. The maximum atomic E-state index is 11.9. The Morgan fingerprint density at radius 2 is 2.29 bits per heavy atom. The van der Waals surface area contributed by atoms with Gasteiger partial charge in [-0.2, -0.15) is 0 Å². The molecule has 5 heteroatoms. The Morgan fingerprint density at radius 1 is 1.59 bits per heavy atom. The van der Waals surface area contributed by atoms with Crippen molar-refractivity contribution in [2.24, 2.45) is 12.5 Å². The minimum atomic E-state index is -0.0682. The van der Waals surface area contributed by atoms with Crippen molar-refractivity contribution in [2.75, 3.05) is 12.4 Å². The summed E-state index contributed by atoms with van der Waals surface area (Å²) in [5.74, 6) is 0.556. The third-order valence-electron chi connectivity index (χ3n) is 3.62. The van der Waals surface area contributed by atoms with Gasteiger partial charge in [0.25, 0.3) is 5.91 Å². The number of nitrogens with one attached hydrogen (secondary N) is 1. The van der Waals surface area contributed by atoms with Crippen molar-refractivity contribution in [1.29, 1.82) is 0 Å². The number of carbonyl (C=O) groups is 1. The molecule has 0 aliphatic heterocycles. The number of aromatic nitrogens is 2. The van der Waals surface area contributed by atoms with Gasteiger partial charge in [-0.05, 0) is 12.8 Å². The van der Waals surface area contributed by atoms with Gasteiger partial charge < -0.3 is 9.88 Å². The van der Waals surface area contributed by atoms with Gasteiger partial charge in [0.1, 0.15) is 5.69 Å². The average molecular weight is 256 g/mol. The summed E-state index contributed by atoms with van der Waals surface area (Å²) in [6.45, 7) is 0.667. The predicted octanol–water partition coefficient (Wildman–Crippen LogP) is 1.95. The van der Waals surface area contributed by atoms with Gasteiger partial charge in [0, 0.05) is 24.9 Å². The van der Waals surface area contributed by atoms with E-state index in [9.17, 15) is 4.79 Å². The highest BCUT2D eigenvalue weighted by Crippen LogP contribution is 2.38. The van der Waals surface area contributed by atoms with Crippen LogP contribution >= 0.6 is 11.6 Å². The fourth-order valence-electron chi connectivity index (χ4n) is 2.42. The van der Waals surface area contributed by atoms with E-state index in [0.717, 1.165) is 12.8 Å². The lowest BCUT2D eigenvalue weighted by molar-refractivity contribution is 0.0927. The third-order valence-corrected chi connectivity index (χ3v) is 4.19. The van der Waals surface area contributed by atoms with Crippen LogP contribution in [0.5, 0.6) is 0 Å². The average Bonchev–Trinajstić information content (AvgIpc) is 2.95. The smallest absolute Gasteiger partial charge is 0.269 e. The molecule has 1 amide bonds. The minimum absolute atomic E-state index is 0.0682. The van der Waals surface area contributed by atoms with Crippen LogP contribution in [-0.4, -0.2) is 27.9 Å². The molecule has 2 rings (SSSR count). The lowest BCUT2D eigenvalue weighted by Gasteiger charge is -2.26. The quantitative estimate of drug-likeness (QED) is 0.836. The zero-order chi connectivity index (χ0) is 12.3. The predicted molar refractivity (Wildman–Crippen MR) is 67.2 cm³/mol. The summed E-state index contributed by atoms with van der Waals surface area (Å²) < 4.78 is 1.72. The molecule has 4 nitrogen and oxygen atoms in total. The summed E-state index contributed by atoms with van der Waals surface area (Å²) in [4.78, 5) is 15.9. The second-order valence-corrected chi connectivity index (χ2v) is 5.18. The van der Waals surface area contributed by atoms with Crippen LogP contribution in [0.1, 0.15) is 36.2 Å². The summed E-state index contributed by atoms with van der Waals surface area (Å²) in [6, 6.07) is 0. The van der Waals surface area contributed by atoms with Crippen molar-refractivity contribution in [3.05, 3.63) is 18.2 Å². The van der Waals surface area contributed by atoms with Gasteiger partial charge in [-0.1, -0.05) is 12.8 Å². The second kappa shape index (κ2) is 5.08. The van der Waals surface area contributed by atoms with Gasteiger partial charge in [-0.15, -0.1) is 11.6 Å². The van der Waals surface area contributed by atoms with Crippen LogP contribution in [0.2, 0.25) is 0 Å². The van der Waals surface area contributed by atoms with Gasteiger partial charge in [0.15, 0.2) is 0 Å². The van der Waals surface area contributed by atoms with Gasteiger partial charge >= 0.3 is 0 Å². The van der Waals surface area contributed by atoms with Gasteiger partial charge in [0.2, 0.25) is 0 Å². The topological polar surface area (TPSA) is 46.9 Å². The zero-order valence-electron chi connectivity index (χ0n) is 10.1. The Balaban J connectivity index is 1.94. The highest BCUT2D eigenvalue weighted by atomic mass is 35.5. The van der Waals surface area contributed by atoms with E-state index in [-0.39, 0.29) is 11.3 Å². The zero-order valence-corrected chi connectivity index (χ0v) is 10.8. The Kier molecular flexibility index (Phi) is 3.72. The molecule has 0 spiro atoms. The van der Waals surface area contributed by atoms with E-state index in [2.05, 4.69) is 10.3 Å². The molecule has 0 unspecified atom stereocenters. The molecular formula is C12H18ClN3O. The fraction of sp³-hybridized carbons (Fsp3) is 0.667. The van der Waals surface area contributed by atoms with E-state index in [1.165, 1.54) is 12.8 Å². The maximum Gasteiger partial charge on any atom is 0.269 e. The molecule has 0 saturated heterocycles. The molecule has 0 radical (unpaired) electrons. The SMILES string of the molecule is Cn1cncc1C(=O)NCC1(CCl)CCCC1. The van der Waals surface area contributed by atoms with Crippen molar-refractivity contribution in [3.63, 3.8) is 0 Å². The van der Waals surface area contributed by atoms with Crippen molar-refractivity contribution < 1.29 is 4.79 Å². The number of hydrogen-bond acceptors (Lipinski definition) is 2. The number of alkyl halides is 1. The van der Waals surface area contributed by atoms with E-state index in [0.29, 0.717) is 18.1 Å². The normalized spacial score (nSPS) is 18.2. The molecular weight excluding hydrogens is 238 g/mol. The highest BCUT2D eigenvalue weighted by molar-refractivity contribution is 6.18. The summed E-state index contributed by atoms with van der Waals surface area (Å²) >= 11 is 6.04. The monoisotopic (exact) mass is 255 g/mol. The number of aryl methyl sites for hydroxylation is 1. The molecule has 17 heavy (non-hydrogen) atoms. The number of hydrogen-bond donors (Lipinski definition) is 1. The first-order valence-corrected chi connectivity index (χ1v) is 6.51. The lowest BCUT2D eigenvalue weighted by atomic mass is 9.88. The molecule has 1 N–H and O–H groups in total. The lowest BCUT2D eigenvalue weighted by Crippen LogP contribution is -2.37. The van der Waals surface area contributed by atoms with Crippen LogP contribution in [0.3, 0.4) is 0 Å². The van der Waals surface area contributed by atoms with Crippen molar-refractivity contribution >= 4 is 17.5 Å². The molecule has 0 atom stereocenters. The van der Waals surface area contributed by atoms with Crippen LogP contribution in [0, 0.1) is 5.41 Å². The maximum absolute atomic E-state index is 11.9. The van der Waals surface area contributed by atoms with Gasteiger partial charge in [-0.3, -0.25) is 4.79 Å². The van der Waals surface area contributed by atoms with E-state index >= 15 is 0 Å². The molecule has 1 fully saturated rings. The van der Waals surface area contributed by atoms with Crippen LogP contribution in [0.4, 0.5) is 0 Å². The first kappa shape index (κ1) is 12.4. The number of nitrogens with zero attached hydrogens (tertiary/aromatic N) is 2. The van der Waals surface area contributed by atoms with E-state index in [1.54, 1.807) is 17.1 Å². The largest absolute Gasteiger partial charge is 0.350 e. The van der Waals surface area contributed by atoms with Gasteiger partial charge in [-0.25, -0.2) is 4.98 Å². The van der Waals surface area contributed by atoms with Crippen LogP contribution < -0.4 is 5.32 Å². The van der Waals surface area contributed by atoms with E-state index in [4.69, 9.17) is 11.6 Å². The molecule has 1 aromatic heterocycles. The number of rotatable bonds is 4. The molecule has 0 bridgehead atoms. The first-order chi connectivity index (χ1) is 8.17. The number of imidazole rings is 1. The molecule has 1 aliphatic rings.